The van der Waals surface area contributed by atoms with Crippen molar-refractivity contribution in [1.82, 2.24) is 15.1 Å². The lowest BCUT2D eigenvalue weighted by Gasteiger charge is -2.08. The largest absolute Gasteiger partial charge is 0.307 e. The van der Waals surface area contributed by atoms with E-state index in [0.29, 0.717) is 0 Å². The van der Waals surface area contributed by atoms with Crippen LogP contribution >= 0.6 is 15.9 Å². The molecule has 0 amide bonds. The Bertz CT molecular complexity index is 520. The molecule has 0 aliphatic heterocycles. The highest BCUT2D eigenvalue weighted by molar-refractivity contribution is 9.10. The third kappa shape index (κ3) is 3.21. The van der Waals surface area contributed by atoms with Crippen LogP contribution in [-0.2, 0) is 19.6 Å². The van der Waals surface area contributed by atoms with Crippen molar-refractivity contribution < 1.29 is 0 Å². The maximum atomic E-state index is 4.44. The lowest BCUT2D eigenvalue weighted by molar-refractivity contribution is 0.579. The second-order valence-electron chi connectivity index (χ2n) is 4.29. The van der Waals surface area contributed by atoms with Crippen molar-refractivity contribution in [2.24, 2.45) is 0 Å². The fourth-order valence-corrected chi connectivity index (χ4v) is 2.41. The van der Waals surface area contributed by atoms with Gasteiger partial charge in [0.05, 0.1) is 11.4 Å². The van der Waals surface area contributed by atoms with Gasteiger partial charge in [-0.05, 0) is 31.5 Å². The Balaban J connectivity index is 1.94. The number of aromatic nitrogens is 2. The molecule has 2 aromatic rings. The Kier molecular flexibility index (Phi) is 4.55. The molecule has 0 fully saturated rings. The first-order chi connectivity index (χ1) is 8.70. The van der Waals surface area contributed by atoms with Crippen LogP contribution in [0, 0.1) is 6.92 Å². The van der Waals surface area contributed by atoms with Crippen LogP contribution < -0.4 is 5.32 Å². The quantitative estimate of drug-likeness (QED) is 0.919. The zero-order valence-electron chi connectivity index (χ0n) is 10.8. The maximum Gasteiger partial charge on any atom is 0.0597 e. The van der Waals surface area contributed by atoms with E-state index >= 15 is 0 Å². The molecule has 0 unspecified atom stereocenters. The van der Waals surface area contributed by atoms with Crippen molar-refractivity contribution in [3.8, 4) is 0 Å². The van der Waals surface area contributed by atoms with Crippen molar-refractivity contribution in [3.05, 3.63) is 51.8 Å². The molecule has 0 aliphatic carbocycles. The highest BCUT2D eigenvalue weighted by Crippen LogP contribution is 2.15. The molecule has 1 aromatic heterocycles. The molecule has 0 saturated carbocycles. The summed E-state index contributed by atoms with van der Waals surface area (Å²) < 4.78 is 3.19. The topological polar surface area (TPSA) is 29.9 Å². The highest BCUT2D eigenvalue weighted by Gasteiger charge is 2.04. The van der Waals surface area contributed by atoms with Gasteiger partial charge in [-0.3, -0.25) is 4.68 Å². The first-order valence-corrected chi connectivity index (χ1v) is 6.97. The standard InChI is InChI=1S/C14H18BrN3/c1-3-18-13(8-11(2)17-18)10-16-9-12-6-4-5-7-14(12)15/h4-8,16H,3,9-10H2,1-2H3. The van der Waals surface area contributed by atoms with Crippen molar-refractivity contribution in [2.75, 3.05) is 0 Å². The fourth-order valence-electron chi connectivity index (χ4n) is 1.98. The molecule has 0 radical (unpaired) electrons. The molecule has 2 rings (SSSR count). The smallest absolute Gasteiger partial charge is 0.0597 e. The van der Waals surface area contributed by atoms with Gasteiger partial charge in [-0.25, -0.2) is 0 Å². The Labute approximate surface area is 116 Å². The fraction of sp³-hybridized carbons (Fsp3) is 0.357. The Morgan fingerprint density at radius 3 is 2.78 bits per heavy atom. The van der Waals surface area contributed by atoms with Crippen LogP contribution in [0.25, 0.3) is 0 Å². The van der Waals surface area contributed by atoms with Gasteiger partial charge in [0, 0.05) is 24.1 Å². The summed E-state index contributed by atoms with van der Waals surface area (Å²) in [7, 11) is 0. The number of halogens is 1. The summed E-state index contributed by atoms with van der Waals surface area (Å²) in [5.74, 6) is 0. The minimum absolute atomic E-state index is 0.843. The van der Waals surface area contributed by atoms with Gasteiger partial charge < -0.3 is 5.32 Å². The molecule has 3 nitrogen and oxygen atoms in total. The highest BCUT2D eigenvalue weighted by atomic mass is 79.9. The molecule has 0 atom stereocenters. The average molecular weight is 308 g/mol. The summed E-state index contributed by atoms with van der Waals surface area (Å²) in [6.07, 6.45) is 0. The van der Waals surface area contributed by atoms with E-state index < -0.39 is 0 Å². The van der Waals surface area contributed by atoms with E-state index in [0.717, 1.165) is 29.8 Å². The first kappa shape index (κ1) is 13.3. The normalized spacial score (nSPS) is 10.8. The van der Waals surface area contributed by atoms with Gasteiger partial charge in [0.25, 0.3) is 0 Å². The summed E-state index contributed by atoms with van der Waals surface area (Å²) in [5, 5.41) is 7.90. The van der Waals surface area contributed by atoms with Gasteiger partial charge in [0.2, 0.25) is 0 Å². The second kappa shape index (κ2) is 6.16. The average Bonchev–Trinajstić information content (AvgIpc) is 2.72. The molecule has 1 N–H and O–H groups in total. The second-order valence-corrected chi connectivity index (χ2v) is 5.14. The number of hydrogen-bond donors (Lipinski definition) is 1. The zero-order valence-corrected chi connectivity index (χ0v) is 12.4. The van der Waals surface area contributed by atoms with Gasteiger partial charge in [0.15, 0.2) is 0 Å². The van der Waals surface area contributed by atoms with Crippen LogP contribution in [0.4, 0.5) is 0 Å². The molecule has 4 heteroatoms. The zero-order chi connectivity index (χ0) is 13.0. The van der Waals surface area contributed by atoms with Crippen LogP contribution in [0.2, 0.25) is 0 Å². The van der Waals surface area contributed by atoms with E-state index in [1.54, 1.807) is 0 Å². The number of aryl methyl sites for hydroxylation is 2. The lowest BCUT2D eigenvalue weighted by Crippen LogP contribution is -2.16. The molecule has 1 aromatic carbocycles. The van der Waals surface area contributed by atoms with E-state index in [-0.39, 0.29) is 0 Å². The number of hydrogen-bond acceptors (Lipinski definition) is 2. The van der Waals surface area contributed by atoms with Crippen LogP contribution in [-0.4, -0.2) is 9.78 Å². The predicted octanol–water partition coefficient (Wildman–Crippen LogP) is 3.26. The molecular weight excluding hydrogens is 290 g/mol. The van der Waals surface area contributed by atoms with E-state index in [1.807, 2.05) is 17.7 Å². The number of benzene rings is 1. The lowest BCUT2D eigenvalue weighted by atomic mass is 10.2. The van der Waals surface area contributed by atoms with E-state index in [4.69, 9.17) is 0 Å². The maximum absolute atomic E-state index is 4.44. The van der Waals surface area contributed by atoms with Crippen molar-refractivity contribution in [1.29, 1.82) is 0 Å². The monoisotopic (exact) mass is 307 g/mol. The molecule has 0 bridgehead atoms. The van der Waals surface area contributed by atoms with E-state index in [2.05, 4.69) is 57.5 Å². The predicted molar refractivity (Wildman–Crippen MR) is 77.3 cm³/mol. The van der Waals surface area contributed by atoms with Crippen LogP contribution in [0.3, 0.4) is 0 Å². The number of nitrogens with one attached hydrogen (secondary N) is 1. The van der Waals surface area contributed by atoms with Gasteiger partial charge in [-0.15, -0.1) is 0 Å². The van der Waals surface area contributed by atoms with Crippen LogP contribution in [0.5, 0.6) is 0 Å². The third-order valence-corrected chi connectivity index (χ3v) is 3.64. The van der Waals surface area contributed by atoms with Gasteiger partial charge >= 0.3 is 0 Å². The van der Waals surface area contributed by atoms with Crippen molar-refractivity contribution in [2.45, 2.75) is 33.5 Å². The van der Waals surface area contributed by atoms with Crippen molar-refractivity contribution >= 4 is 15.9 Å². The summed E-state index contributed by atoms with van der Waals surface area (Å²) >= 11 is 3.56. The van der Waals surface area contributed by atoms with Crippen LogP contribution in [0.15, 0.2) is 34.8 Å². The molecule has 0 spiro atoms. The Hall–Kier alpha value is -1.13. The Morgan fingerprint density at radius 1 is 1.28 bits per heavy atom. The van der Waals surface area contributed by atoms with Crippen molar-refractivity contribution in [3.63, 3.8) is 0 Å². The summed E-state index contributed by atoms with van der Waals surface area (Å²) in [6.45, 7) is 6.76. The number of rotatable bonds is 5. The third-order valence-electron chi connectivity index (χ3n) is 2.86. The summed E-state index contributed by atoms with van der Waals surface area (Å²) in [4.78, 5) is 0. The van der Waals surface area contributed by atoms with E-state index in [9.17, 15) is 0 Å². The van der Waals surface area contributed by atoms with E-state index in [1.165, 1.54) is 11.3 Å². The molecule has 18 heavy (non-hydrogen) atoms. The SMILES string of the molecule is CCn1nc(C)cc1CNCc1ccccc1Br. The van der Waals surface area contributed by atoms with Gasteiger partial charge in [0.1, 0.15) is 0 Å². The minimum Gasteiger partial charge on any atom is -0.307 e. The molecular formula is C14H18BrN3. The van der Waals surface area contributed by atoms with Gasteiger partial charge in [-0.1, -0.05) is 34.1 Å². The molecule has 0 saturated heterocycles. The van der Waals surface area contributed by atoms with Crippen LogP contribution in [0.1, 0.15) is 23.9 Å². The Morgan fingerprint density at radius 2 is 2.06 bits per heavy atom. The van der Waals surface area contributed by atoms with Gasteiger partial charge in [-0.2, -0.15) is 5.10 Å². The molecule has 0 aliphatic rings. The number of nitrogens with zero attached hydrogens (tertiary/aromatic N) is 2. The first-order valence-electron chi connectivity index (χ1n) is 6.18. The summed E-state index contributed by atoms with van der Waals surface area (Å²) in [5.41, 5.74) is 3.59. The summed E-state index contributed by atoms with van der Waals surface area (Å²) in [6, 6.07) is 10.4. The minimum atomic E-state index is 0.843. The molecule has 1 heterocycles. The molecule has 96 valence electrons.